The lowest BCUT2D eigenvalue weighted by Gasteiger charge is -2.05. The largest absolute Gasteiger partial charge is 0.355 e. The Kier molecular flexibility index (Phi) is 4.07. The average Bonchev–Trinajstić information content (AvgIpc) is 2.44. The van der Waals surface area contributed by atoms with Crippen LogP contribution in [0.1, 0.15) is 17.4 Å². The molecular formula is C14H15N3O2. The highest BCUT2D eigenvalue weighted by molar-refractivity contribution is 5.96. The molecule has 5 heteroatoms. The molecule has 0 radical (unpaired) electrons. The van der Waals surface area contributed by atoms with Crippen LogP contribution in [-0.4, -0.2) is 29.9 Å². The van der Waals surface area contributed by atoms with Gasteiger partial charge in [-0.05, 0) is 19.1 Å². The molecule has 5 nitrogen and oxygen atoms in total. The van der Waals surface area contributed by atoms with E-state index in [0.717, 1.165) is 10.9 Å². The van der Waals surface area contributed by atoms with Crippen LogP contribution in [0.2, 0.25) is 0 Å². The van der Waals surface area contributed by atoms with Crippen molar-refractivity contribution in [3.63, 3.8) is 0 Å². The normalized spacial score (nSPS) is 10.2. The number of carbonyl (C=O) groups excluding carboxylic acids is 2. The number of aromatic nitrogens is 1. The Hall–Kier alpha value is -2.43. The minimum Gasteiger partial charge on any atom is -0.355 e. The summed E-state index contributed by atoms with van der Waals surface area (Å²) in [5, 5.41) is 6.12. The maximum atomic E-state index is 11.8. The van der Waals surface area contributed by atoms with Crippen molar-refractivity contribution in [1.29, 1.82) is 0 Å². The Morgan fingerprint density at radius 1 is 1.11 bits per heavy atom. The summed E-state index contributed by atoms with van der Waals surface area (Å²) in [6.07, 6.45) is 0. The van der Waals surface area contributed by atoms with Crippen LogP contribution in [0, 0.1) is 0 Å². The molecule has 0 fully saturated rings. The molecule has 0 aliphatic carbocycles. The fraction of sp³-hybridized carbons (Fsp3) is 0.214. The SMILES string of the molecule is CCNC(=O)CNC(=O)c1ccc2ccccc2n1. The third-order valence-electron chi connectivity index (χ3n) is 2.61. The fourth-order valence-electron chi connectivity index (χ4n) is 1.70. The molecule has 2 aromatic rings. The zero-order chi connectivity index (χ0) is 13.7. The number of benzene rings is 1. The lowest BCUT2D eigenvalue weighted by Crippen LogP contribution is -2.37. The highest BCUT2D eigenvalue weighted by Crippen LogP contribution is 2.11. The van der Waals surface area contributed by atoms with Gasteiger partial charge in [0, 0.05) is 11.9 Å². The number of carbonyl (C=O) groups is 2. The van der Waals surface area contributed by atoms with Crippen molar-refractivity contribution in [2.24, 2.45) is 0 Å². The number of fused-ring (bicyclic) bond motifs is 1. The highest BCUT2D eigenvalue weighted by Gasteiger charge is 2.09. The maximum absolute atomic E-state index is 11.8. The molecule has 1 heterocycles. The van der Waals surface area contributed by atoms with Gasteiger partial charge in [0.05, 0.1) is 12.1 Å². The fourth-order valence-corrected chi connectivity index (χ4v) is 1.70. The predicted octanol–water partition coefficient (Wildman–Crippen LogP) is 1.10. The summed E-state index contributed by atoms with van der Waals surface area (Å²) in [5.74, 6) is -0.561. The first-order valence-electron chi connectivity index (χ1n) is 6.11. The molecule has 98 valence electrons. The Bertz CT molecular complexity index is 610. The average molecular weight is 257 g/mol. The van der Waals surface area contributed by atoms with Gasteiger partial charge in [0.25, 0.3) is 5.91 Å². The molecule has 0 unspecified atom stereocenters. The molecule has 0 saturated carbocycles. The van der Waals surface area contributed by atoms with E-state index in [4.69, 9.17) is 0 Å². The summed E-state index contributed by atoms with van der Waals surface area (Å²) in [6, 6.07) is 11.0. The summed E-state index contributed by atoms with van der Waals surface area (Å²) in [6.45, 7) is 2.33. The quantitative estimate of drug-likeness (QED) is 0.861. The van der Waals surface area contributed by atoms with Gasteiger partial charge in [0.1, 0.15) is 5.69 Å². The van der Waals surface area contributed by atoms with Gasteiger partial charge in [-0.1, -0.05) is 24.3 Å². The zero-order valence-corrected chi connectivity index (χ0v) is 10.6. The van der Waals surface area contributed by atoms with E-state index in [1.54, 1.807) is 6.07 Å². The van der Waals surface area contributed by atoms with Crippen molar-refractivity contribution in [3.05, 3.63) is 42.1 Å². The molecule has 0 saturated heterocycles. The lowest BCUT2D eigenvalue weighted by molar-refractivity contribution is -0.120. The van der Waals surface area contributed by atoms with Crippen LogP contribution in [0.4, 0.5) is 0 Å². The molecule has 0 aliphatic rings. The minimum atomic E-state index is -0.350. The second kappa shape index (κ2) is 5.95. The third-order valence-corrected chi connectivity index (χ3v) is 2.61. The van der Waals surface area contributed by atoms with Crippen molar-refractivity contribution in [1.82, 2.24) is 15.6 Å². The van der Waals surface area contributed by atoms with Crippen molar-refractivity contribution < 1.29 is 9.59 Å². The van der Waals surface area contributed by atoms with Crippen LogP contribution >= 0.6 is 0 Å². The Morgan fingerprint density at radius 3 is 2.68 bits per heavy atom. The van der Waals surface area contributed by atoms with Crippen LogP contribution in [0.5, 0.6) is 0 Å². The van der Waals surface area contributed by atoms with Crippen molar-refractivity contribution in [2.75, 3.05) is 13.1 Å². The number of hydrogen-bond donors (Lipinski definition) is 2. The summed E-state index contributed by atoms with van der Waals surface area (Å²) in [7, 11) is 0. The number of likely N-dealkylation sites (N-methyl/N-ethyl adjacent to an activating group) is 1. The highest BCUT2D eigenvalue weighted by atomic mass is 16.2. The van der Waals surface area contributed by atoms with Crippen molar-refractivity contribution >= 4 is 22.7 Å². The number of rotatable bonds is 4. The summed E-state index contributed by atoms with van der Waals surface area (Å²) in [4.78, 5) is 27.3. The summed E-state index contributed by atoms with van der Waals surface area (Å²) in [5.41, 5.74) is 1.07. The first-order chi connectivity index (χ1) is 9.20. The Labute approximate surface area is 111 Å². The van der Waals surface area contributed by atoms with E-state index in [0.29, 0.717) is 12.2 Å². The minimum absolute atomic E-state index is 0.0405. The number of para-hydroxylation sites is 1. The molecule has 1 aromatic heterocycles. The van der Waals surface area contributed by atoms with Crippen LogP contribution in [0.15, 0.2) is 36.4 Å². The smallest absolute Gasteiger partial charge is 0.270 e. The van der Waals surface area contributed by atoms with Gasteiger partial charge in [-0.25, -0.2) is 4.98 Å². The second-order valence-corrected chi connectivity index (χ2v) is 4.03. The standard InChI is InChI=1S/C14H15N3O2/c1-2-15-13(18)9-16-14(19)12-8-7-10-5-3-4-6-11(10)17-12/h3-8H,2,9H2,1H3,(H,15,18)(H,16,19). The number of hydrogen-bond acceptors (Lipinski definition) is 3. The first kappa shape index (κ1) is 13.0. The molecule has 1 aromatic carbocycles. The van der Waals surface area contributed by atoms with E-state index in [9.17, 15) is 9.59 Å². The maximum Gasteiger partial charge on any atom is 0.270 e. The summed E-state index contributed by atoms with van der Waals surface area (Å²) >= 11 is 0. The molecule has 0 bridgehead atoms. The van der Waals surface area contributed by atoms with Gasteiger partial charge < -0.3 is 10.6 Å². The van der Waals surface area contributed by atoms with Gasteiger partial charge in [-0.2, -0.15) is 0 Å². The summed E-state index contributed by atoms with van der Waals surface area (Å²) < 4.78 is 0. The van der Waals surface area contributed by atoms with Gasteiger partial charge in [0.2, 0.25) is 5.91 Å². The Balaban J connectivity index is 2.07. The van der Waals surface area contributed by atoms with Crippen molar-refractivity contribution in [3.8, 4) is 0 Å². The number of amides is 2. The number of pyridine rings is 1. The van der Waals surface area contributed by atoms with Gasteiger partial charge in [-0.3, -0.25) is 9.59 Å². The first-order valence-corrected chi connectivity index (χ1v) is 6.11. The second-order valence-electron chi connectivity index (χ2n) is 4.03. The van der Waals surface area contributed by atoms with E-state index >= 15 is 0 Å². The van der Waals surface area contributed by atoms with Gasteiger partial charge in [-0.15, -0.1) is 0 Å². The van der Waals surface area contributed by atoms with E-state index < -0.39 is 0 Å². The molecule has 0 spiro atoms. The topological polar surface area (TPSA) is 71.1 Å². The van der Waals surface area contributed by atoms with E-state index in [1.165, 1.54) is 0 Å². The molecule has 19 heavy (non-hydrogen) atoms. The van der Waals surface area contributed by atoms with E-state index in [1.807, 2.05) is 37.3 Å². The van der Waals surface area contributed by atoms with Gasteiger partial charge in [0.15, 0.2) is 0 Å². The molecule has 2 amide bonds. The molecule has 2 rings (SSSR count). The number of nitrogens with zero attached hydrogens (tertiary/aromatic N) is 1. The predicted molar refractivity (Wildman–Crippen MR) is 72.8 cm³/mol. The van der Waals surface area contributed by atoms with Crippen LogP contribution in [0.25, 0.3) is 10.9 Å². The zero-order valence-electron chi connectivity index (χ0n) is 10.6. The molecule has 0 atom stereocenters. The third kappa shape index (κ3) is 3.28. The van der Waals surface area contributed by atoms with Crippen LogP contribution in [-0.2, 0) is 4.79 Å². The Morgan fingerprint density at radius 2 is 1.89 bits per heavy atom. The molecule has 2 N–H and O–H groups in total. The molecular weight excluding hydrogens is 242 g/mol. The van der Waals surface area contributed by atoms with Gasteiger partial charge >= 0.3 is 0 Å². The van der Waals surface area contributed by atoms with E-state index in [2.05, 4.69) is 15.6 Å². The van der Waals surface area contributed by atoms with Crippen LogP contribution < -0.4 is 10.6 Å². The number of nitrogens with one attached hydrogen (secondary N) is 2. The van der Waals surface area contributed by atoms with Crippen LogP contribution in [0.3, 0.4) is 0 Å². The van der Waals surface area contributed by atoms with Crippen molar-refractivity contribution in [2.45, 2.75) is 6.92 Å². The lowest BCUT2D eigenvalue weighted by atomic mass is 10.2. The molecule has 0 aliphatic heterocycles. The monoisotopic (exact) mass is 257 g/mol. The van der Waals surface area contributed by atoms with E-state index in [-0.39, 0.29) is 18.4 Å².